The van der Waals surface area contributed by atoms with Gasteiger partial charge in [0.15, 0.2) is 0 Å². The fourth-order valence-corrected chi connectivity index (χ4v) is 2.53. The SMILES string of the molecule is CC(C)OC(=O)[C@]1(c2ccc(Cl)cc2)C[C@@H]1CN. The van der Waals surface area contributed by atoms with Crippen LogP contribution in [-0.4, -0.2) is 18.6 Å². The Balaban J connectivity index is 2.28. The predicted octanol–water partition coefficient (Wildman–Crippen LogP) is 2.51. The Bertz CT molecular complexity index is 444. The predicted molar refractivity (Wildman–Crippen MR) is 71.5 cm³/mol. The third kappa shape index (κ3) is 2.25. The van der Waals surface area contributed by atoms with Crippen molar-refractivity contribution in [2.75, 3.05) is 6.54 Å². The molecule has 1 saturated carbocycles. The van der Waals surface area contributed by atoms with E-state index < -0.39 is 5.41 Å². The van der Waals surface area contributed by atoms with Crippen LogP contribution in [0.25, 0.3) is 0 Å². The van der Waals surface area contributed by atoms with Gasteiger partial charge in [-0.05, 0) is 50.4 Å². The summed E-state index contributed by atoms with van der Waals surface area (Å²) in [5, 5.41) is 0.663. The maximum atomic E-state index is 12.3. The molecule has 1 aromatic carbocycles. The van der Waals surface area contributed by atoms with E-state index in [1.807, 2.05) is 26.0 Å². The van der Waals surface area contributed by atoms with Crippen LogP contribution in [0.1, 0.15) is 25.8 Å². The molecule has 2 atom stereocenters. The van der Waals surface area contributed by atoms with Crippen LogP contribution in [0.3, 0.4) is 0 Å². The smallest absolute Gasteiger partial charge is 0.317 e. The van der Waals surface area contributed by atoms with E-state index in [4.69, 9.17) is 22.1 Å². The van der Waals surface area contributed by atoms with E-state index in [1.54, 1.807) is 12.1 Å². The summed E-state index contributed by atoms with van der Waals surface area (Å²) in [4.78, 5) is 12.3. The average molecular weight is 268 g/mol. The number of hydrogen-bond donors (Lipinski definition) is 1. The zero-order valence-corrected chi connectivity index (χ0v) is 11.4. The standard InChI is InChI=1S/C14H18ClNO2/c1-9(2)18-13(17)14(7-11(14)8-16)10-3-5-12(15)6-4-10/h3-6,9,11H,7-8,16H2,1-2H3/t11-,14+/m1/s1. The van der Waals surface area contributed by atoms with E-state index in [9.17, 15) is 4.79 Å². The highest BCUT2D eigenvalue weighted by molar-refractivity contribution is 6.30. The Morgan fingerprint density at radius 1 is 1.50 bits per heavy atom. The van der Waals surface area contributed by atoms with Gasteiger partial charge in [0, 0.05) is 5.02 Å². The lowest BCUT2D eigenvalue weighted by atomic mass is 9.93. The van der Waals surface area contributed by atoms with Crippen LogP contribution in [0.15, 0.2) is 24.3 Å². The fraction of sp³-hybridized carbons (Fsp3) is 0.500. The topological polar surface area (TPSA) is 52.3 Å². The molecule has 98 valence electrons. The molecule has 0 heterocycles. The van der Waals surface area contributed by atoms with Gasteiger partial charge in [-0.15, -0.1) is 0 Å². The van der Waals surface area contributed by atoms with Gasteiger partial charge < -0.3 is 10.5 Å². The van der Waals surface area contributed by atoms with Crippen molar-refractivity contribution >= 4 is 17.6 Å². The fourth-order valence-electron chi connectivity index (χ4n) is 2.40. The lowest BCUT2D eigenvalue weighted by Gasteiger charge is -2.18. The summed E-state index contributed by atoms with van der Waals surface area (Å²) in [5.41, 5.74) is 6.11. The maximum absolute atomic E-state index is 12.3. The highest BCUT2D eigenvalue weighted by Gasteiger charge is 2.61. The molecule has 0 aliphatic heterocycles. The van der Waals surface area contributed by atoms with Gasteiger partial charge in [0.1, 0.15) is 0 Å². The molecule has 2 rings (SSSR count). The summed E-state index contributed by atoms with van der Waals surface area (Å²) in [5.74, 6) is 0.000183. The summed E-state index contributed by atoms with van der Waals surface area (Å²) in [6.07, 6.45) is 0.650. The molecular formula is C14H18ClNO2. The summed E-state index contributed by atoms with van der Waals surface area (Å²) in [7, 11) is 0. The second-order valence-electron chi connectivity index (χ2n) is 5.07. The van der Waals surface area contributed by atoms with Gasteiger partial charge in [-0.3, -0.25) is 4.79 Å². The molecule has 0 amide bonds. The quantitative estimate of drug-likeness (QED) is 0.853. The average Bonchev–Trinajstić information content (AvgIpc) is 3.05. The van der Waals surface area contributed by atoms with Crippen molar-refractivity contribution < 1.29 is 9.53 Å². The van der Waals surface area contributed by atoms with Crippen LogP contribution in [0, 0.1) is 5.92 Å². The minimum Gasteiger partial charge on any atom is -0.462 e. The van der Waals surface area contributed by atoms with E-state index in [-0.39, 0.29) is 18.0 Å². The first-order chi connectivity index (χ1) is 8.50. The van der Waals surface area contributed by atoms with Gasteiger partial charge >= 0.3 is 5.97 Å². The van der Waals surface area contributed by atoms with Crippen molar-refractivity contribution in [3.05, 3.63) is 34.9 Å². The lowest BCUT2D eigenvalue weighted by Crippen LogP contribution is -2.29. The van der Waals surface area contributed by atoms with E-state index in [0.29, 0.717) is 11.6 Å². The molecule has 2 N–H and O–H groups in total. The Labute approximate surface area is 112 Å². The van der Waals surface area contributed by atoms with Crippen molar-refractivity contribution in [2.45, 2.75) is 31.8 Å². The summed E-state index contributed by atoms with van der Waals surface area (Å²) < 4.78 is 5.37. The van der Waals surface area contributed by atoms with E-state index in [2.05, 4.69) is 0 Å². The van der Waals surface area contributed by atoms with Gasteiger partial charge in [0.25, 0.3) is 0 Å². The van der Waals surface area contributed by atoms with Gasteiger partial charge in [-0.2, -0.15) is 0 Å². The number of benzene rings is 1. The number of nitrogens with two attached hydrogens (primary N) is 1. The molecule has 18 heavy (non-hydrogen) atoms. The molecule has 1 aliphatic carbocycles. The molecule has 0 spiro atoms. The third-order valence-electron chi connectivity index (χ3n) is 3.46. The van der Waals surface area contributed by atoms with Gasteiger partial charge in [0.2, 0.25) is 0 Å². The molecule has 0 radical (unpaired) electrons. The molecule has 1 aliphatic rings. The summed E-state index contributed by atoms with van der Waals surface area (Å²) in [6, 6.07) is 7.37. The second-order valence-corrected chi connectivity index (χ2v) is 5.51. The first-order valence-corrected chi connectivity index (χ1v) is 6.55. The second kappa shape index (κ2) is 4.90. The normalized spacial score (nSPS) is 26.2. The Morgan fingerprint density at radius 3 is 2.56 bits per heavy atom. The van der Waals surface area contributed by atoms with Crippen molar-refractivity contribution in [3.8, 4) is 0 Å². The molecule has 0 aromatic heterocycles. The number of hydrogen-bond acceptors (Lipinski definition) is 3. The van der Waals surface area contributed by atoms with Crippen LogP contribution < -0.4 is 5.73 Å². The largest absolute Gasteiger partial charge is 0.462 e. The van der Waals surface area contributed by atoms with Crippen molar-refractivity contribution in [1.82, 2.24) is 0 Å². The number of rotatable bonds is 4. The number of ether oxygens (including phenoxy) is 1. The van der Waals surface area contributed by atoms with Gasteiger partial charge in [-0.1, -0.05) is 23.7 Å². The number of carbonyl (C=O) groups is 1. The van der Waals surface area contributed by atoms with Crippen LogP contribution >= 0.6 is 11.6 Å². The van der Waals surface area contributed by atoms with Crippen LogP contribution in [0.4, 0.5) is 0 Å². The highest BCUT2D eigenvalue weighted by atomic mass is 35.5. The first kappa shape index (κ1) is 13.4. The number of esters is 1. The highest BCUT2D eigenvalue weighted by Crippen LogP contribution is 2.54. The molecule has 0 unspecified atom stereocenters. The molecule has 4 heteroatoms. The summed E-state index contributed by atoms with van der Waals surface area (Å²) in [6.45, 7) is 4.20. The number of halogens is 1. The molecule has 1 fully saturated rings. The van der Waals surface area contributed by atoms with Crippen molar-refractivity contribution in [2.24, 2.45) is 11.7 Å². The molecule has 0 saturated heterocycles. The Hall–Kier alpha value is -1.06. The van der Waals surface area contributed by atoms with Crippen molar-refractivity contribution in [1.29, 1.82) is 0 Å². The zero-order chi connectivity index (χ0) is 13.3. The van der Waals surface area contributed by atoms with Crippen LogP contribution in [0.5, 0.6) is 0 Å². The molecular weight excluding hydrogens is 250 g/mol. The monoisotopic (exact) mass is 267 g/mol. The Kier molecular flexibility index (Phi) is 3.64. The Morgan fingerprint density at radius 2 is 2.11 bits per heavy atom. The molecule has 3 nitrogen and oxygen atoms in total. The van der Waals surface area contributed by atoms with Gasteiger partial charge in [-0.25, -0.2) is 0 Å². The minimum absolute atomic E-state index is 0.110. The zero-order valence-electron chi connectivity index (χ0n) is 10.7. The lowest BCUT2D eigenvalue weighted by molar-refractivity contribution is -0.151. The van der Waals surface area contributed by atoms with E-state index in [1.165, 1.54) is 0 Å². The first-order valence-electron chi connectivity index (χ1n) is 6.18. The number of carbonyl (C=O) groups excluding carboxylic acids is 1. The third-order valence-corrected chi connectivity index (χ3v) is 3.71. The van der Waals surface area contributed by atoms with Crippen molar-refractivity contribution in [3.63, 3.8) is 0 Å². The maximum Gasteiger partial charge on any atom is 0.317 e. The van der Waals surface area contributed by atoms with E-state index >= 15 is 0 Å². The molecule has 1 aromatic rings. The minimum atomic E-state index is -0.552. The summed E-state index contributed by atoms with van der Waals surface area (Å²) >= 11 is 5.88. The van der Waals surface area contributed by atoms with E-state index in [0.717, 1.165) is 12.0 Å². The molecule has 0 bridgehead atoms. The van der Waals surface area contributed by atoms with Crippen LogP contribution in [-0.2, 0) is 14.9 Å². The van der Waals surface area contributed by atoms with Gasteiger partial charge in [0.05, 0.1) is 11.5 Å². The van der Waals surface area contributed by atoms with Crippen LogP contribution in [0.2, 0.25) is 5.02 Å².